The van der Waals surface area contributed by atoms with Gasteiger partial charge in [0.25, 0.3) is 0 Å². The molecule has 1 aromatic heterocycles. The van der Waals surface area contributed by atoms with Crippen LogP contribution >= 0.6 is 31.9 Å². The van der Waals surface area contributed by atoms with Crippen LogP contribution in [0.3, 0.4) is 0 Å². The highest BCUT2D eigenvalue weighted by Gasteiger charge is 2.06. The quantitative estimate of drug-likeness (QED) is 0.852. The van der Waals surface area contributed by atoms with Gasteiger partial charge in [-0.3, -0.25) is 0 Å². The fraction of sp³-hybridized carbons (Fsp3) is 0.167. The zero-order valence-corrected chi connectivity index (χ0v) is 13.1. The molecule has 0 atom stereocenters. The summed E-state index contributed by atoms with van der Waals surface area (Å²) in [6, 6.07) is 6.05. The molecule has 0 saturated heterocycles. The van der Waals surface area contributed by atoms with E-state index in [0.717, 1.165) is 26.0 Å². The van der Waals surface area contributed by atoms with E-state index in [2.05, 4.69) is 58.5 Å². The molecule has 0 unspecified atom stereocenters. The van der Waals surface area contributed by atoms with Gasteiger partial charge in [0.05, 0.1) is 4.47 Å². The second-order valence-electron chi connectivity index (χ2n) is 3.72. The first kappa shape index (κ1) is 13.3. The lowest BCUT2D eigenvalue weighted by Gasteiger charge is -2.11. The lowest BCUT2D eigenvalue weighted by Crippen LogP contribution is -2.02. The van der Waals surface area contributed by atoms with Crippen LogP contribution in [0.1, 0.15) is 5.56 Å². The molecule has 0 aliphatic carbocycles. The molecule has 1 aromatic carbocycles. The van der Waals surface area contributed by atoms with Crippen LogP contribution in [0.5, 0.6) is 0 Å². The molecule has 0 bridgehead atoms. The molecule has 6 heteroatoms. The van der Waals surface area contributed by atoms with Crippen LogP contribution in [0, 0.1) is 6.92 Å². The summed E-state index contributed by atoms with van der Waals surface area (Å²) in [5.74, 6) is 1.32. The van der Waals surface area contributed by atoms with E-state index in [-0.39, 0.29) is 0 Å². The van der Waals surface area contributed by atoms with Gasteiger partial charge in [-0.15, -0.1) is 0 Å². The van der Waals surface area contributed by atoms with E-state index in [1.807, 2.05) is 19.1 Å². The number of rotatable bonds is 3. The second kappa shape index (κ2) is 5.67. The lowest BCUT2D eigenvalue weighted by molar-refractivity contribution is 1.14. The molecule has 0 radical (unpaired) electrons. The molecule has 0 amide bonds. The van der Waals surface area contributed by atoms with Gasteiger partial charge in [-0.2, -0.15) is 4.98 Å². The third-order valence-electron chi connectivity index (χ3n) is 2.41. The number of hydrogen-bond donors (Lipinski definition) is 2. The largest absolute Gasteiger partial charge is 0.357 e. The number of anilines is 3. The number of halogens is 2. The Morgan fingerprint density at radius 2 is 2.00 bits per heavy atom. The van der Waals surface area contributed by atoms with Crippen LogP contribution in [0.25, 0.3) is 0 Å². The SMILES string of the molecule is CNc1ncc(Br)c(Nc2ccc(Br)cc2C)n1. The molecule has 2 rings (SSSR count). The summed E-state index contributed by atoms with van der Waals surface area (Å²) in [7, 11) is 1.79. The van der Waals surface area contributed by atoms with E-state index >= 15 is 0 Å². The summed E-state index contributed by atoms with van der Waals surface area (Å²) < 4.78 is 1.88. The molecule has 18 heavy (non-hydrogen) atoms. The molecule has 2 aromatic rings. The first-order chi connectivity index (χ1) is 8.60. The lowest BCUT2D eigenvalue weighted by atomic mass is 10.2. The van der Waals surface area contributed by atoms with Gasteiger partial charge >= 0.3 is 0 Å². The van der Waals surface area contributed by atoms with Crippen LogP contribution in [-0.4, -0.2) is 17.0 Å². The third-order valence-corrected chi connectivity index (χ3v) is 3.48. The fourth-order valence-electron chi connectivity index (χ4n) is 1.47. The van der Waals surface area contributed by atoms with Crippen molar-refractivity contribution in [3.05, 3.63) is 38.9 Å². The van der Waals surface area contributed by atoms with E-state index < -0.39 is 0 Å². The Bertz CT molecular complexity index is 572. The summed E-state index contributed by atoms with van der Waals surface area (Å²) >= 11 is 6.88. The molecule has 1 heterocycles. The molecule has 0 spiro atoms. The van der Waals surface area contributed by atoms with Gasteiger partial charge in [0, 0.05) is 23.4 Å². The van der Waals surface area contributed by atoms with E-state index in [1.165, 1.54) is 0 Å². The topological polar surface area (TPSA) is 49.8 Å². The number of aromatic nitrogens is 2. The molecule has 4 nitrogen and oxygen atoms in total. The average molecular weight is 372 g/mol. The van der Waals surface area contributed by atoms with Crippen LogP contribution in [0.4, 0.5) is 17.5 Å². The number of nitrogens with zero attached hydrogens (tertiary/aromatic N) is 2. The van der Waals surface area contributed by atoms with Gasteiger partial charge < -0.3 is 10.6 Å². The monoisotopic (exact) mass is 370 g/mol. The van der Waals surface area contributed by atoms with E-state index in [0.29, 0.717) is 5.95 Å². The molecular formula is C12H12Br2N4. The molecule has 0 saturated carbocycles. The Balaban J connectivity index is 2.33. The predicted molar refractivity (Wildman–Crippen MR) is 81.4 cm³/mol. The van der Waals surface area contributed by atoms with E-state index in [9.17, 15) is 0 Å². The zero-order valence-electron chi connectivity index (χ0n) is 9.96. The van der Waals surface area contributed by atoms with Gasteiger partial charge in [-0.1, -0.05) is 15.9 Å². The minimum atomic E-state index is 0.579. The maximum absolute atomic E-state index is 4.36. The molecule has 0 aliphatic heterocycles. The summed E-state index contributed by atoms with van der Waals surface area (Å²) in [5.41, 5.74) is 2.15. The zero-order chi connectivity index (χ0) is 13.1. The number of aryl methyl sites for hydroxylation is 1. The minimum absolute atomic E-state index is 0.579. The van der Waals surface area contributed by atoms with Gasteiger partial charge in [0.2, 0.25) is 5.95 Å². The number of benzene rings is 1. The Labute approximate surface area is 122 Å². The van der Waals surface area contributed by atoms with Crippen molar-refractivity contribution in [2.75, 3.05) is 17.7 Å². The standard InChI is InChI=1S/C12H12Br2N4/c1-7-5-8(13)3-4-10(7)17-11-9(14)6-16-12(15-2)18-11/h3-6H,1-2H3,(H2,15,16,17,18). The molecule has 0 fully saturated rings. The Morgan fingerprint density at radius 1 is 1.22 bits per heavy atom. The van der Waals surface area contributed by atoms with Gasteiger partial charge in [-0.25, -0.2) is 4.98 Å². The second-order valence-corrected chi connectivity index (χ2v) is 5.49. The van der Waals surface area contributed by atoms with Crippen molar-refractivity contribution in [2.24, 2.45) is 0 Å². The normalized spacial score (nSPS) is 10.2. The smallest absolute Gasteiger partial charge is 0.224 e. The summed E-state index contributed by atoms with van der Waals surface area (Å²) in [5, 5.41) is 6.20. The number of hydrogen-bond acceptors (Lipinski definition) is 4. The summed E-state index contributed by atoms with van der Waals surface area (Å²) in [6.45, 7) is 2.04. The van der Waals surface area contributed by atoms with Crippen LogP contribution in [0.2, 0.25) is 0 Å². The minimum Gasteiger partial charge on any atom is -0.357 e. The third kappa shape index (κ3) is 3.00. The fourth-order valence-corrected chi connectivity index (χ4v) is 2.24. The maximum Gasteiger partial charge on any atom is 0.224 e. The van der Waals surface area contributed by atoms with E-state index in [4.69, 9.17) is 0 Å². The van der Waals surface area contributed by atoms with Crippen LogP contribution in [-0.2, 0) is 0 Å². The summed E-state index contributed by atoms with van der Waals surface area (Å²) in [6.07, 6.45) is 1.72. The Kier molecular flexibility index (Phi) is 4.19. The van der Waals surface area contributed by atoms with Crippen LogP contribution < -0.4 is 10.6 Å². The molecular weight excluding hydrogens is 360 g/mol. The summed E-state index contributed by atoms with van der Waals surface area (Å²) in [4.78, 5) is 8.48. The predicted octanol–water partition coefficient (Wildman–Crippen LogP) is 4.10. The average Bonchev–Trinajstić information content (AvgIpc) is 2.35. The van der Waals surface area contributed by atoms with Crippen molar-refractivity contribution in [3.8, 4) is 0 Å². The van der Waals surface area contributed by atoms with Crippen molar-refractivity contribution in [1.29, 1.82) is 0 Å². The Morgan fingerprint density at radius 3 is 2.67 bits per heavy atom. The first-order valence-electron chi connectivity index (χ1n) is 5.33. The van der Waals surface area contributed by atoms with Crippen molar-refractivity contribution in [2.45, 2.75) is 6.92 Å². The molecule has 94 valence electrons. The van der Waals surface area contributed by atoms with Crippen molar-refractivity contribution in [1.82, 2.24) is 9.97 Å². The highest BCUT2D eigenvalue weighted by atomic mass is 79.9. The Hall–Kier alpha value is -1.14. The van der Waals surface area contributed by atoms with E-state index in [1.54, 1.807) is 13.2 Å². The van der Waals surface area contributed by atoms with Gasteiger partial charge in [0.1, 0.15) is 5.82 Å². The highest BCUT2D eigenvalue weighted by molar-refractivity contribution is 9.10. The van der Waals surface area contributed by atoms with Crippen molar-refractivity contribution in [3.63, 3.8) is 0 Å². The molecule has 2 N–H and O–H groups in total. The number of nitrogens with one attached hydrogen (secondary N) is 2. The molecule has 0 aliphatic rings. The highest BCUT2D eigenvalue weighted by Crippen LogP contribution is 2.27. The van der Waals surface area contributed by atoms with Crippen LogP contribution in [0.15, 0.2) is 33.3 Å². The maximum atomic E-state index is 4.36. The van der Waals surface area contributed by atoms with Crippen molar-refractivity contribution >= 4 is 49.3 Å². The van der Waals surface area contributed by atoms with Gasteiger partial charge in [0.15, 0.2) is 0 Å². The first-order valence-corrected chi connectivity index (χ1v) is 6.92. The van der Waals surface area contributed by atoms with Gasteiger partial charge in [-0.05, 0) is 46.6 Å². The van der Waals surface area contributed by atoms with Crippen molar-refractivity contribution < 1.29 is 0 Å².